The predicted octanol–water partition coefficient (Wildman–Crippen LogP) is 1.84. The second-order valence-electron chi connectivity index (χ2n) is 5.19. The van der Waals surface area contributed by atoms with Crippen LogP contribution in [0.3, 0.4) is 0 Å². The first kappa shape index (κ1) is 11.0. The molecule has 0 atom stereocenters. The second kappa shape index (κ2) is 3.27. The molecule has 1 amide bonds. The fourth-order valence-electron chi connectivity index (χ4n) is 1.41. The minimum Gasteiger partial charge on any atom is -0.350 e. The van der Waals surface area contributed by atoms with Crippen LogP contribution in [0.2, 0.25) is 0 Å². The number of carbonyl (C=O) groups is 1. The number of amides is 1. The lowest BCUT2D eigenvalue weighted by Crippen LogP contribution is -2.49. The molecule has 1 N–H and O–H groups in total. The van der Waals surface area contributed by atoms with Gasteiger partial charge in [0.15, 0.2) is 0 Å². The molecule has 0 aliphatic heterocycles. The molecule has 0 saturated heterocycles. The van der Waals surface area contributed by atoms with Gasteiger partial charge in [0.25, 0.3) is 0 Å². The molecule has 1 aliphatic carbocycles. The molecule has 1 aliphatic rings. The van der Waals surface area contributed by atoms with Gasteiger partial charge in [-0.05, 0) is 46.5 Å². The molecule has 0 aromatic heterocycles. The van der Waals surface area contributed by atoms with Gasteiger partial charge in [-0.15, -0.1) is 0 Å². The van der Waals surface area contributed by atoms with E-state index in [1.54, 1.807) is 13.8 Å². The first-order valence-corrected chi connectivity index (χ1v) is 5.03. The van der Waals surface area contributed by atoms with Crippen LogP contribution in [0.25, 0.3) is 0 Å². The van der Waals surface area contributed by atoms with Crippen LogP contribution in [0.4, 0.5) is 0 Å². The average Bonchev–Trinajstić information content (AvgIpc) is 2.85. The molecule has 1 saturated carbocycles. The van der Waals surface area contributed by atoms with Crippen LogP contribution >= 0.6 is 0 Å². The highest BCUT2D eigenvalue weighted by molar-refractivity contribution is 5.85. The highest BCUT2D eigenvalue weighted by atomic mass is 16.2. The maximum absolute atomic E-state index is 11.7. The number of hydrogen-bond donors (Lipinski definition) is 1. The van der Waals surface area contributed by atoms with Gasteiger partial charge in [0.2, 0.25) is 5.91 Å². The van der Waals surface area contributed by atoms with E-state index in [1.807, 2.05) is 19.9 Å². The summed E-state index contributed by atoms with van der Waals surface area (Å²) in [6.07, 6.45) is 2.36. The number of hydrogen-bond acceptors (Lipinski definition) is 2. The number of nitrogens with one attached hydrogen (secondary N) is 1. The molecule has 0 bridgehead atoms. The highest BCUT2D eigenvalue weighted by Gasteiger charge is 2.41. The van der Waals surface area contributed by atoms with E-state index in [4.69, 9.17) is 5.26 Å². The molecule has 0 spiro atoms. The molecule has 3 heteroatoms. The van der Waals surface area contributed by atoms with Crippen molar-refractivity contribution in [2.75, 3.05) is 0 Å². The molecule has 0 aromatic carbocycles. The number of rotatable bonds is 3. The van der Waals surface area contributed by atoms with Crippen LogP contribution in [0.1, 0.15) is 40.5 Å². The predicted molar refractivity (Wildman–Crippen MR) is 54.3 cm³/mol. The Morgan fingerprint density at radius 2 is 1.86 bits per heavy atom. The minimum atomic E-state index is -0.924. The molecule has 0 aromatic rings. The lowest BCUT2D eigenvalue weighted by molar-refractivity contribution is -0.128. The standard InChI is InChI=1S/C11H18N2O/c1-10(2,7-12)9(14)13-11(3,4)8-5-6-8/h8H,5-6H2,1-4H3,(H,13,14). The largest absolute Gasteiger partial charge is 0.350 e. The quantitative estimate of drug-likeness (QED) is 0.745. The molecule has 3 nitrogen and oxygen atoms in total. The Morgan fingerprint density at radius 1 is 1.36 bits per heavy atom. The Labute approximate surface area is 85.5 Å². The molecule has 0 radical (unpaired) electrons. The summed E-state index contributed by atoms with van der Waals surface area (Å²) >= 11 is 0. The molecule has 1 fully saturated rings. The van der Waals surface area contributed by atoms with E-state index in [0.29, 0.717) is 5.92 Å². The Kier molecular flexibility index (Phi) is 2.58. The van der Waals surface area contributed by atoms with Crippen molar-refractivity contribution in [3.63, 3.8) is 0 Å². The van der Waals surface area contributed by atoms with Crippen molar-refractivity contribution >= 4 is 5.91 Å². The maximum atomic E-state index is 11.7. The van der Waals surface area contributed by atoms with Crippen molar-refractivity contribution in [3.05, 3.63) is 0 Å². The fraction of sp³-hybridized carbons (Fsp3) is 0.818. The van der Waals surface area contributed by atoms with E-state index in [1.165, 1.54) is 12.8 Å². The van der Waals surface area contributed by atoms with Crippen molar-refractivity contribution in [1.29, 1.82) is 5.26 Å². The zero-order chi connectivity index (χ0) is 11.0. The summed E-state index contributed by atoms with van der Waals surface area (Å²) in [4.78, 5) is 11.7. The van der Waals surface area contributed by atoms with Crippen LogP contribution in [0.15, 0.2) is 0 Å². The monoisotopic (exact) mass is 194 g/mol. The summed E-state index contributed by atoms with van der Waals surface area (Å²) in [5.41, 5.74) is -1.09. The van der Waals surface area contributed by atoms with Gasteiger partial charge in [-0.1, -0.05) is 0 Å². The molecule has 0 unspecified atom stereocenters. The molecular weight excluding hydrogens is 176 g/mol. The number of nitriles is 1. The van der Waals surface area contributed by atoms with E-state index in [-0.39, 0.29) is 11.4 Å². The van der Waals surface area contributed by atoms with Crippen molar-refractivity contribution in [3.8, 4) is 6.07 Å². The van der Waals surface area contributed by atoms with Gasteiger partial charge in [-0.25, -0.2) is 0 Å². The number of carbonyl (C=O) groups excluding carboxylic acids is 1. The molecule has 1 rings (SSSR count). The van der Waals surface area contributed by atoms with E-state index in [0.717, 1.165) is 0 Å². The lowest BCUT2D eigenvalue weighted by Gasteiger charge is -2.29. The summed E-state index contributed by atoms with van der Waals surface area (Å²) in [5.74, 6) is 0.415. The number of nitrogens with zero attached hydrogens (tertiary/aromatic N) is 1. The highest BCUT2D eigenvalue weighted by Crippen LogP contribution is 2.39. The van der Waals surface area contributed by atoms with Gasteiger partial charge in [0.05, 0.1) is 6.07 Å². The van der Waals surface area contributed by atoms with Crippen LogP contribution in [0, 0.1) is 22.7 Å². The third-order valence-corrected chi connectivity index (χ3v) is 2.88. The van der Waals surface area contributed by atoms with Gasteiger partial charge in [0, 0.05) is 5.54 Å². The van der Waals surface area contributed by atoms with E-state index in [2.05, 4.69) is 5.32 Å². The molecular formula is C11H18N2O. The maximum Gasteiger partial charge on any atom is 0.240 e. The zero-order valence-corrected chi connectivity index (χ0v) is 9.35. The average molecular weight is 194 g/mol. The Hall–Kier alpha value is -1.04. The summed E-state index contributed by atoms with van der Waals surface area (Å²) in [5, 5.41) is 11.8. The van der Waals surface area contributed by atoms with Crippen LogP contribution < -0.4 is 5.32 Å². The second-order valence-corrected chi connectivity index (χ2v) is 5.19. The van der Waals surface area contributed by atoms with E-state index >= 15 is 0 Å². The van der Waals surface area contributed by atoms with E-state index in [9.17, 15) is 4.79 Å². The molecule has 78 valence electrons. The molecule has 0 heterocycles. The van der Waals surface area contributed by atoms with Gasteiger partial charge in [-0.2, -0.15) is 5.26 Å². The normalized spacial score (nSPS) is 17.4. The van der Waals surface area contributed by atoms with Crippen LogP contribution in [-0.2, 0) is 4.79 Å². The van der Waals surface area contributed by atoms with E-state index < -0.39 is 5.41 Å². The lowest BCUT2D eigenvalue weighted by atomic mass is 9.91. The first-order valence-electron chi connectivity index (χ1n) is 5.03. The topological polar surface area (TPSA) is 52.9 Å². The SMILES string of the molecule is CC(C)(C#N)C(=O)NC(C)(C)C1CC1. The fourth-order valence-corrected chi connectivity index (χ4v) is 1.41. The summed E-state index contributed by atoms with van der Waals surface area (Å²) in [7, 11) is 0. The first-order chi connectivity index (χ1) is 6.29. The van der Waals surface area contributed by atoms with Gasteiger partial charge in [-0.3, -0.25) is 4.79 Å². The van der Waals surface area contributed by atoms with Crippen molar-refractivity contribution < 1.29 is 4.79 Å². The van der Waals surface area contributed by atoms with Crippen molar-refractivity contribution in [2.45, 2.75) is 46.1 Å². The van der Waals surface area contributed by atoms with Crippen molar-refractivity contribution in [1.82, 2.24) is 5.32 Å². The third-order valence-electron chi connectivity index (χ3n) is 2.88. The van der Waals surface area contributed by atoms with Gasteiger partial charge in [0.1, 0.15) is 5.41 Å². The summed E-state index contributed by atoms with van der Waals surface area (Å²) in [6, 6.07) is 2.01. The summed E-state index contributed by atoms with van der Waals surface area (Å²) < 4.78 is 0. The van der Waals surface area contributed by atoms with Crippen LogP contribution in [-0.4, -0.2) is 11.4 Å². The Bertz CT molecular complexity index is 282. The zero-order valence-electron chi connectivity index (χ0n) is 9.35. The van der Waals surface area contributed by atoms with Crippen LogP contribution in [0.5, 0.6) is 0 Å². The smallest absolute Gasteiger partial charge is 0.240 e. The molecule has 14 heavy (non-hydrogen) atoms. The minimum absolute atomic E-state index is 0.162. The third kappa shape index (κ3) is 2.25. The van der Waals surface area contributed by atoms with Gasteiger partial charge >= 0.3 is 0 Å². The summed E-state index contributed by atoms with van der Waals surface area (Å²) in [6.45, 7) is 7.34. The Balaban J connectivity index is 2.61. The van der Waals surface area contributed by atoms with Gasteiger partial charge < -0.3 is 5.32 Å². The Morgan fingerprint density at radius 3 is 2.21 bits per heavy atom. The van der Waals surface area contributed by atoms with Crippen molar-refractivity contribution in [2.24, 2.45) is 11.3 Å².